The van der Waals surface area contributed by atoms with Crippen molar-refractivity contribution in [3.63, 3.8) is 0 Å². The predicted octanol–water partition coefficient (Wildman–Crippen LogP) is 3.20. The number of nitrogens with one attached hydrogen (secondary N) is 2. The van der Waals surface area contributed by atoms with Crippen LogP contribution in [0.4, 0.5) is 5.69 Å². The largest absolute Gasteiger partial charge is 0.493 e. The molecule has 24 heavy (non-hydrogen) atoms. The molecule has 2 rings (SSSR count). The summed E-state index contributed by atoms with van der Waals surface area (Å²) in [5.41, 5.74) is 3.02. The Morgan fingerprint density at radius 3 is 2.54 bits per heavy atom. The van der Waals surface area contributed by atoms with Gasteiger partial charge >= 0.3 is 0 Å². The summed E-state index contributed by atoms with van der Waals surface area (Å²) in [7, 11) is 1.55. The molecule has 2 aromatic rings. The van der Waals surface area contributed by atoms with Crippen LogP contribution in [0.5, 0.6) is 11.5 Å². The second kappa shape index (κ2) is 8.31. The van der Waals surface area contributed by atoms with Crippen LogP contribution in [0.15, 0.2) is 42.5 Å². The molecule has 1 amide bonds. The Labute approximate surface area is 147 Å². The molecular formula is C18H20N2O3S. The molecule has 0 bridgehead atoms. The van der Waals surface area contributed by atoms with Gasteiger partial charge in [0.2, 0.25) is 0 Å². The van der Waals surface area contributed by atoms with Gasteiger partial charge in [-0.2, -0.15) is 0 Å². The third-order valence-electron chi connectivity index (χ3n) is 3.32. The first kappa shape index (κ1) is 17.7. The zero-order valence-corrected chi connectivity index (χ0v) is 14.7. The molecule has 0 aliphatic rings. The van der Waals surface area contributed by atoms with Gasteiger partial charge in [0.25, 0.3) is 5.91 Å². The minimum Gasteiger partial charge on any atom is -0.493 e. The highest BCUT2D eigenvalue weighted by atomic mass is 32.1. The summed E-state index contributed by atoms with van der Waals surface area (Å²) in [5.74, 6) is 0.730. The zero-order chi connectivity index (χ0) is 17.5. The Morgan fingerprint density at radius 2 is 1.83 bits per heavy atom. The van der Waals surface area contributed by atoms with Crippen LogP contribution in [-0.2, 0) is 4.79 Å². The van der Waals surface area contributed by atoms with E-state index < -0.39 is 0 Å². The molecule has 0 saturated carbocycles. The fourth-order valence-electron chi connectivity index (χ4n) is 2.07. The number of aryl methyl sites for hydroxylation is 2. The molecule has 0 radical (unpaired) electrons. The molecule has 0 aliphatic heterocycles. The van der Waals surface area contributed by atoms with E-state index in [-0.39, 0.29) is 17.6 Å². The Bertz CT molecular complexity index is 747. The molecule has 0 unspecified atom stereocenters. The number of methoxy groups -OCH3 is 1. The lowest BCUT2D eigenvalue weighted by molar-refractivity contribution is -0.121. The van der Waals surface area contributed by atoms with Crippen molar-refractivity contribution in [2.45, 2.75) is 13.8 Å². The van der Waals surface area contributed by atoms with Gasteiger partial charge in [0.15, 0.2) is 23.2 Å². The Kier molecular flexibility index (Phi) is 6.14. The van der Waals surface area contributed by atoms with Gasteiger partial charge in [-0.05, 0) is 55.4 Å². The lowest BCUT2D eigenvalue weighted by Crippen LogP contribution is -2.37. The number of para-hydroxylation sites is 2. The van der Waals surface area contributed by atoms with E-state index in [4.69, 9.17) is 21.7 Å². The highest BCUT2D eigenvalue weighted by molar-refractivity contribution is 7.80. The van der Waals surface area contributed by atoms with Gasteiger partial charge in [-0.3, -0.25) is 10.1 Å². The monoisotopic (exact) mass is 344 g/mol. The van der Waals surface area contributed by atoms with Crippen LogP contribution in [0.1, 0.15) is 11.1 Å². The van der Waals surface area contributed by atoms with Crippen molar-refractivity contribution in [1.82, 2.24) is 5.32 Å². The number of amides is 1. The molecule has 0 heterocycles. The van der Waals surface area contributed by atoms with Crippen LogP contribution >= 0.6 is 12.2 Å². The number of thiocarbonyl (C=S) groups is 1. The van der Waals surface area contributed by atoms with Crippen LogP contribution in [0, 0.1) is 13.8 Å². The summed E-state index contributed by atoms with van der Waals surface area (Å²) < 4.78 is 10.6. The van der Waals surface area contributed by atoms with E-state index in [1.165, 1.54) is 0 Å². The highest BCUT2D eigenvalue weighted by Crippen LogP contribution is 2.25. The van der Waals surface area contributed by atoms with Crippen LogP contribution in [0.25, 0.3) is 0 Å². The number of hydrogen-bond acceptors (Lipinski definition) is 4. The average Bonchev–Trinajstić information content (AvgIpc) is 2.56. The minimum atomic E-state index is -0.344. The van der Waals surface area contributed by atoms with E-state index in [2.05, 4.69) is 10.6 Å². The van der Waals surface area contributed by atoms with Gasteiger partial charge in [0, 0.05) is 5.69 Å². The van der Waals surface area contributed by atoms with E-state index in [1.807, 2.05) is 44.2 Å². The first-order chi connectivity index (χ1) is 11.5. The fourth-order valence-corrected chi connectivity index (χ4v) is 2.29. The molecule has 2 aromatic carbocycles. The predicted molar refractivity (Wildman–Crippen MR) is 98.8 cm³/mol. The maximum Gasteiger partial charge on any atom is 0.264 e. The third kappa shape index (κ3) is 4.96. The van der Waals surface area contributed by atoms with Crippen molar-refractivity contribution in [2.75, 3.05) is 19.0 Å². The van der Waals surface area contributed by atoms with Gasteiger partial charge in [0.1, 0.15) is 0 Å². The summed E-state index contributed by atoms with van der Waals surface area (Å²) in [6.07, 6.45) is 0. The molecule has 2 N–H and O–H groups in total. The van der Waals surface area contributed by atoms with Crippen molar-refractivity contribution in [3.05, 3.63) is 53.6 Å². The van der Waals surface area contributed by atoms with E-state index in [0.717, 1.165) is 16.8 Å². The molecule has 0 saturated heterocycles. The number of hydrogen-bond donors (Lipinski definition) is 2. The van der Waals surface area contributed by atoms with Crippen molar-refractivity contribution in [3.8, 4) is 11.5 Å². The Morgan fingerprint density at radius 1 is 1.12 bits per heavy atom. The summed E-state index contributed by atoms with van der Waals surface area (Å²) in [5, 5.41) is 5.85. The molecule has 0 spiro atoms. The lowest BCUT2D eigenvalue weighted by atomic mass is 10.1. The van der Waals surface area contributed by atoms with E-state index in [0.29, 0.717) is 11.5 Å². The van der Waals surface area contributed by atoms with E-state index in [1.54, 1.807) is 19.2 Å². The molecule has 0 aliphatic carbocycles. The number of ether oxygens (including phenoxy) is 2. The summed E-state index contributed by atoms with van der Waals surface area (Å²) in [4.78, 5) is 12.0. The number of carbonyl (C=O) groups is 1. The van der Waals surface area contributed by atoms with Crippen LogP contribution in [0.3, 0.4) is 0 Å². The Hall–Kier alpha value is -2.60. The van der Waals surface area contributed by atoms with E-state index in [9.17, 15) is 4.79 Å². The number of carbonyl (C=O) groups excluding carboxylic acids is 1. The maximum absolute atomic E-state index is 12.0. The highest BCUT2D eigenvalue weighted by Gasteiger charge is 2.09. The van der Waals surface area contributed by atoms with Gasteiger partial charge < -0.3 is 14.8 Å². The zero-order valence-electron chi connectivity index (χ0n) is 13.9. The van der Waals surface area contributed by atoms with Crippen molar-refractivity contribution < 1.29 is 14.3 Å². The smallest absolute Gasteiger partial charge is 0.264 e. The number of benzene rings is 2. The molecular weight excluding hydrogens is 324 g/mol. The van der Waals surface area contributed by atoms with Gasteiger partial charge in [-0.15, -0.1) is 0 Å². The second-order valence-electron chi connectivity index (χ2n) is 5.26. The number of rotatable bonds is 5. The fraction of sp³-hybridized carbons (Fsp3) is 0.222. The molecule has 0 aromatic heterocycles. The van der Waals surface area contributed by atoms with Crippen LogP contribution in [0.2, 0.25) is 0 Å². The topological polar surface area (TPSA) is 59.6 Å². The normalized spacial score (nSPS) is 9.96. The molecule has 126 valence electrons. The second-order valence-corrected chi connectivity index (χ2v) is 5.67. The van der Waals surface area contributed by atoms with E-state index >= 15 is 0 Å². The first-order valence-corrected chi connectivity index (χ1v) is 7.84. The maximum atomic E-state index is 12.0. The lowest BCUT2D eigenvalue weighted by Gasteiger charge is -2.13. The minimum absolute atomic E-state index is 0.158. The summed E-state index contributed by atoms with van der Waals surface area (Å²) >= 11 is 5.17. The number of anilines is 1. The van der Waals surface area contributed by atoms with Gasteiger partial charge in [-0.25, -0.2) is 0 Å². The van der Waals surface area contributed by atoms with Gasteiger partial charge in [-0.1, -0.05) is 24.3 Å². The van der Waals surface area contributed by atoms with Crippen molar-refractivity contribution >= 4 is 28.9 Å². The van der Waals surface area contributed by atoms with Crippen molar-refractivity contribution in [2.24, 2.45) is 0 Å². The van der Waals surface area contributed by atoms with Crippen LogP contribution in [-0.4, -0.2) is 24.7 Å². The molecule has 0 atom stereocenters. The summed E-state index contributed by atoms with van der Waals surface area (Å²) in [6, 6.07) is 13.1. The average molecular weight is 344 g/mol. The quantitative estimate of drug-likeness (QED) is 0.816. The van der Waals surface area contributed by atoms with Crippen LogP contribution < -0.4 is 20.1 Å². The summed E-state index contributed by atoms with van der Waals surface area (Å²) in [6.45, 7) is 3.80. The van der Waals surface area contributed by atoms with Gasteiger partial charge in [0.05, 0.1) is 7.11 Å². The first-order valence-electron chi connectivity index (χ1n) is 7.43. The Balaban J connectivity index is 1.88. The SMILES string of the molecule is COc1ccccc1OCC(=O)NC(=S)Nc1cc(C)ccc1C. The van der Waals surface area contributed by atoms with Crippen molar-refractivity contribution in [1.29, 1.82) is 0 Å². The molecule has 6 heteroatoms. The molecule has 0 fully saturated rings. The third-order valence-corrected chi connectivity index (χ3v) is 3.53. The standard InChI is InChI=1S/C18H20N2O3S/c1-12-8-9-13(2)14(10-12)19-18(24)20-17(21)11-23-16-7-5-4-6-15(16)22-3/h4-10H,11H2,1-3H3,(H2,19,20,21,24). The molecule has 5 nitrogen and oxygen atoms in total.